The van der Waals surface area contributed by atoms with Gasteiger partial charge in [-0.2, -0.15) is 0 Å². The van der Waals surface area contributed by atoms with Crippen molar-refractivity contribution in [3.8, 4) is 11.5 Å². The van der Waals surface area contributed by atoms with Gasteiger partial charge in [0.25, 0.3) is 0 Å². The Balaban J connectivity index is 1.35. The summed E-state index contributed by atoms with van der Waals surface area (Å²) in [7, 11) is 0. The van der Waals surface area contributed by atoms with Crippen LogP contribution in [0.2, 0.25) is 0 Å². The lowest BCUT2D eigenvalue weighted by molar-refractivity contribution is -0.121. The van der Waals surface area contributed by atoms with Crippen LogP contribution in [-0.2, 0) is 4.79 Å². The zero-order valence-electron chi connectivity index (χ0n) is 16.0. The number of rotatable bonds is 9. The summed E-state index contributed by atoms with van der Waals surface area (Å²) in [5.41, 5.74) is 1.11. The number of unbranched alkanes of at least 4 members (excludes halogenated alkanes) is 1. The van der Waals surface area contributed by atoms with Crippen molar-refractivity contribution in [2.75, 3.05) is 19.8 Å². The minimum Gasteiger partial charge on any atom is -0.486 e. The van der Waals surface area contributed by atoms with Gasteiger partial charge in [-0.25, -0.2) is 4.39 Å². The number of aliphatic hydroxyl groups is 1. The topological polar surface area (TPSA) is 84.9 Å². The van der Waals surface area contributed by atoms with E-state index in [4.69, 9.17) is 9.47 Å². The molecule has 0 saturated heterocycles. The minimum atomic E-state index is -0.852. The highest BCUT2D eigenvalue weighted by Crippen LogP contribution is 2.32. The summed E-state index contributed by atoms with van der Waals surface area (Å²) in [6.07, 6.45) is 0.839. The monoisotopic (exact) mass is 401 g/mol. The van der Waals surface area contributed by atoms with E-state index in [1.165, 1.54) is 24.3 Å². The number of ketones is 1. The standard InChI is InChI=1S/C22H24FNO5/c23-17-8-5-15(6-9-17)18(25)3-1-2-4-22(27)24-14-19(26)16-7-10-20-21(13-16)29-12-11-28-20/h5-10,13,19,26H,1-4,11-12,14H2,(H,24,27)/t19-/m0/s1. The maximum Gasteiger partial charge on any atom is 0.220 e. The fourth-order valence-electron chi connectivity index (χ4n) is 3.04. The quantitative estimate of drug-likeness (QED) is 0.498. The maximum absolute atomic E-state index is 12.9. The Morgan fingerprint density at radius 2 is 1.69 bits per heavy atom. The van der Waals surface area contributed by atoms with Crippen molar-refractivity contribution in [3.63, 3.8) is 0 Å². The second kappa shape index (κ2) is 10.0. The lowest BCUT2D eigenvalue weighted by Crippen LogP contribution is -2.28. The highest BCUT2D eigenvalue weighted by atomic mass is 19.1. The molecule has 0 spiro atoms. The first kappa shape index (κ1) is 20.8. The molecule has 1 aliphatic heterocycles. The van der Waals surface area contributed by atoms with E-state index in [1.54, 1.807) is 18.2 Å². The van der Waals surface area contributed by atoms with Gasteiger partial charge in [0.2, 0.25) is 5.91 Å². The van der Waals surface area contributed by atoms with Crippen molar-refractivity contribution < 1.29 is 28.6 Å². The molecule has 0 aromatic heterocycles. The molecule has 0 saturated carbocycles. The number of halogens is 1. The third-order valence-corrected chi connectivity index (χ3v) is 4.67. The SMILES string of the molecule is O=C(CCCCC(=O)c1ccc(F)cc1)NC[C@H](O)c1ccc2c(c1)OCCO2. The number of fused-ring (bicyclic) bond motifs is 1. The van der Waals surface area contributed by atoms with E-state index >= 15 is 0 Å². The van der Waals surface area contributed by atoms with Crippen molar-refractivity contribution in [1.29, 1.82) is 0 Å². The summed E-state index contributed by atoms with van der Waals surface area (Å²) in [4.78, 5) is 24.0. The van der Waals surface area contributed by atoms with Gasteiger partial charge in [-0.1, -0.05) is 6.07 Å². The van der Waals surface area contributed by atoms with Gasteiger partial charge in [0.1, 0.15) is 19.0 Å². The fourth-order valence-corrected chi connectivity index (χ4v) is 3.04. The van der Waals surface area contributed by atoms with Gasteiger partial charge in [-0.3, -0.25) is 9.59 Å². The molecule has 2 aromatic carbocycles. The lowest BCUT2D eigenvalue weighted by Gasteiger charge is -2.20. The van der Waals surface area contributed by atoms with Gasteiger partial charge < -0.3 is 19.9 Å². The van der Waals surface area contributed by atoms with Crippen molar-refractivity contribution in [1.82, 2.24) is 5.32 Å². The van der Waals surface area contributed by atoms with E-state index < -0.39 is 6.10 Å². The summed E-state index contributed by atoms with van der Waals surface area (Å²) < 4.78 is 23.8. The van der Waals surface area contributed by atoms with Crippen LogP contribution in [0.1, 0.15) is 47.7 Å². The van der Waals surface area contributed by atoms with E-state index in [0.717, 1.165) is 0 Å². The first-order valence-electron chi connectivity index (χ1n) is 9.66. The van der Waals surface area contributed by atoms with Gasteiger partial charge in [0.05, 0.1) is 6.10 Å². The normalized spacial score (nSPS) is 13.6. The van der Waals surface area contributed by atoms with Crippen LogP contribution in [0.4, 0.5) is 4.39 Å². The van der Waals surface area contributed by atoms with E-state index in [0.29, 0.717) is 55.1 Å². The summed E-state index contributed by atoms with van der Waals surface area (Å²) in [5.74, 6) is 0.600. The number of nitrogens with one attached hydrogen (secondary N) is 1. The molecule has 3 rings (SSSR count). The molecule has 7 heteroatoms. The second-order valence-corrected chi connectivity index (χ2v) is 6.86. The predicted octanol–water partition coefficient (Wildman–Crippen LogP) is 3.19. The number of ether oxygens (including phenoxy) is 2. The zero-order valence-corrected chi connectivity index (χ0v) is 16.0. The van der Waals surface area contributed by atoms with Crippen LogP contribution in [0.15, 0.2) is 42.5 Å². The van der Waals surface area contributed by atoms with E-state index in [1.807, 2.05) is 0 Å². The van der Waals surface area contributed by atoms with E-state index in [9.17, 15) is 19.1 Å². The second-order valence-electron chi connectivity index (χ2n) is 6.86. The number of benzene rings is 2. The summed E-state index contributed by atoms with van der Waals surface area (Å²) in [5, 5.41) is 13.0. The average Bonchev–Trinajstić information content (AvgIpc) is 2.75. The van der Waals surface area contributed by atoms with Gasteiger partial charge in [-0.15, -0.1) is 0 Å². The summed E-state index contributed by atoms with van der Waals surface area (Å²) in [6.45, 7) is 1.06. The molecule has 1 aliphatic rings. The molecule has 154 valence electrons. The zero-order chi connectivity index (χ0) is 20.6. The van der Waals surface area contributed by atoms with Gasteiger partial charge in [0.15, 0.2) is 17.3 Å². The highest BCUT2D eigenvalue weighted by Gasteiger charge is 2.16. The van der Waals surface area contributed by atoms with Gasteiger partial charge >= 0.3 is 0 Å². The number of hydrogen-bond donors (Lipinski definition) is 2. The molecule has 1 amide bonds. The summed E-state index contributed by atoms with van der Waals surface area (Å²) >= 11 is 0. The van der Waals surface area contributed by atoms with E-state index in [-0.39, 0.29) is 30.5 Å². The Morgan fingerprint density at radius 3 is 2.45 bits per heavy atom. The molecule has 0 radical (unpaired) electrons. The number of carbonyl (C=O) groups excluding carboxylic acids is 2. The number of Topliss-reactive ketones (excluding diaryl/α,β-unsaturated/α-hetero) is 1. The molecular formula is C22H24FNO5. The molecule has 2 aromatic rings. The summed E-state index contributed by atoms with van der Waals surface area (Å²) in [6, 6.07) is 10.6. The number of hydrogen-bond acceptors (Lipinski definition) is 5. The van der Waals surface area contributed by atoms with Crippen LogP contribution < -0.4 is 14.8 Å². The third-order valence-electron chi connectivity index (χ3n) is 4.67. The van der Waals surface area contributed by atoms with Gasteiger partial charge in [-0.05, 0) is 54.8 Å². The Hall–Kier alpha value is -2.93. The van der Waals surface area contributed by atoms with Crippen molar-refractivity contribution in [3.05, 3.63) is 59.4 Å². The molecule has 2 N–H and O–H groups in total. The Kier molecular flexibility index (Phi) is 7.19. The van der Waals surface area contributed by atoms with E-state index in [2.05, 4.69) is 5.32 Å². The smallest absolute Gasteiger partial charge is 0.220 e. The highest BCUT2D eigenvalue weighted by molar-refractivity contribution is 5.95. The van der Waals surface area contributed by atoms with Crippen LogP contribution in [0.5, 0.6) is 11.5 Å². The average molecular weight is 401 g/mol. The molecule has 29 heavy (non-hydrogen) atoms. The molecule has 6 nitrogen and oxygen atoms in total. The molecule has 0 aliphatic carbocycles. The molecule has 1 heterocycles. The predicted molar refractivity (Wildman–Crippen MR) is 105 cm³/mol. The number of carbonyl (C=O) groups is 2. The largest absolute Gasteiger partial charge is 0.486 e. The van der Waals surface area contributed by atoms with Crippen molar-refractivity contribution in [2.24, 2.45) is 0 Å². The number of aliphatic hydroxyl groups excluding tert-OH is 1. The fraction of sp³-hybridized carbons (Fsp3) is 0.364. The first-order chi connectivity index (χ1) is 14.0. The Bertz CT molecular complexity index is 853. The van der Waals surface area contributed by atoms with Crippen molar-refractivity contribution >= 4 is 11.7 Å². The van der Waals surface area contributed by atoms with Crippen LogP contribution in [0, 0.1) is 5.82 Å². The Labute approximate surface area is 168 Å². The number of amides is 1. The van der Waals surface area contributed by atoms with Crippen LogP contribution in [-0.4, -0.2) is 36.6 Å². The van der Waals surface area contributed by atoms with Gasteiger partial charge in [0, 0.05) is 24.9 Å². The molecule has 0 bridgehead atoms. The molecule has 1 atom stereocenters. The minimum absolute atomic E-state index is 0.0700. The van der Waals surface area contributed by atoms with Crippen LogP contribution in [0.3, 0.4) is 0 Å². The van der Waals surface area contributed by atoms with Crippen LogP contribution in [0.25, 0.3) is 0 Å². The molecular weight excluding hydrogens is 377 g/mol. The Morgan fingerprint density at radius 1 is 1.00 bits per heavy atom. The molecule has 0 unspecified atom stereocenters. The lowest BCUT2D eigenvalue weighted by atomic mass is 10.0. The van der Waals surface area contributed by atoms with Crippen LogP contribution >= 0.6 is 0 Å². The first-order valence-corrected chi connectivity index (χ1v) is 9.66. The third kappa shape index (κ3) is 6.02. The molecule has 0 fully saturated rings. The maximum atomic E-state index is 12.9. The van der Waals surface area contributed by atoms with Crippen molar-refractivity contribution in [2.45, 2.75) is 31.8 Å².